The number of aryl methyl sites for hydroxylation is 1. The average Bonchev–Trinajstić information content (AvgIpc) is 3.38. The lowest BCUT2D eigenvalue weighted by atomic mass is 9.98. The molecule has 1 unspecified atom stereocenters. The SMILES string of the molecule is CCc1nnc(N2C(=O)c3oc4cc(OC)ccc4c(=O)c3C2c2ccc(Cl)c(Cl)c2)s1. The number of carbonyl (C=O) groups excluding carboxylic acids is 1. The van der Waals surface area contributed by atoms with Gasteiger partial charge in [0.05, 0.1) is 34.1 Å². The second-order valence-corrected chi connectivity index (χ2v) is 8.97. The number of nitrogens with zero attached hydrogens (tertiary/aromatic N) is 3. The smallest absolute Gasteiger partial charge is 0.297 e. The summed E-state index contributed by atoms with van der Waals surface area (Å²) in [5.74, 6) is -0.00239. The summed E-state index contributed by atoms with van der Waals surface area (Å²) in [4.78, 5) is 28.5. The molecule has 0 radical (unpaired) electrons. The van der Waals surface area contributed by atoms with Crippen LogP contribution in [0.25, 0.3) is 11.0 Å². The summed E-state index contributed by atoms with van der Waals surface area (Å²) in [6.45, 7) is 1.95. The van der Waals surface area contributed by atoms with Gasteiger partial charge in [0.2, 0.25) is 10.9 Å². The minimum absolute atomic E-state index is 0.0416. The van der Waals surface area contributed by atoms with Crippen molar-refractivity contribution < 1.29 is 13.9 Å². The number of benzene rings is 2. The summed E-state index contributed by atoms with van der Waals surface area (Å²) < 4.78 is 11.2. The van der Waals surface area contributed by atoms with E-state index in [1.54, 1.807) is 36.4 Å². The van der Waals surface area contributed by atoms with Crippen LogP contribution in [0, 0.1) is 0 Å². The van der Waals surface area contributed by atoms with Crippen molar-refractivity contribution in [3.63, 3.8) is 0 Å². The van der Waals surface area contributed by atoms with E-state index < -0.39 is 11.9 Å². The number of aromatic nitrogens is 2. The Hall–Kier alpha value is -2.94. The third-order valence-electron chi connectivity index (χ3n) is 5.30. The molecule has 10 heteroatoms. The third kappa shape index (κ3) is 3.18. The second-order valence-electron chi connectivity index (χ2n) is 7.12. The van der Waals surface area contributed by atoms with Crippen molar-refractivity contribution in [2.75, 3.05) is 12.0 Å². The van der Waals surface area contributed by atoms with Gasteiger partial charge < -0.3 is 9.15 Å². The van der Waals surface area contributed by atoms with Crippen molar-refractivity contribution in [2.24, 2.45) is 0 Å². The second kappa shape index (κ2) is 7.88. The van der Waals surface area contributed by atoms with Gasteiger partial charge in [0.15, 0.2) is 5.43 Å². The molecule has 0 aliphatic carbocycles. The molecule has 0 N–H and O–H groups in total. The molecule has 4 aromatic rings. The first-order valence-corrected chi connectivity index (χ1v) is 11.3. The van der Waals surface area contributed by atoms with Gasteiger partial charge in [0.25, 0.3) is 5.91 Å². The Morgan fingerprint density at radius 1 is 1.12 bits per heavy atom. The monoisotopic (exact) mass is 487 g/mol. The number of methoxy groups -OCH3 is 1. The molecule has 7 nitrogen and oxygen atoms in total. The predicted octanol–water partition coefficient (Wildman–Crippen LogP) is 5.27. The maximum absolute atomic E-state index is 13.6. The van der Waals surface area contributed by atoms with E-state index in [4.69, 9.17) is 32.4 Å². The van der Waals surface area contributed by atoms with Crippen molar-refractivity contribution in [1.82, 2.24) is 10.2 Å². The Balaban J connectivity index is 1.80. The lowest BCUT2D eigenvalue weighted by Crippen LogP contribution is -2.29. The Morgan fingerprint density at radius 3 is 2.62 bits per heavy atom. The molecule has 5 rings (SSSR count). The van der Waals surface area contributed by atoms with Gasteiger partial charge in [-0.15, -0.1) is 10.2 Å². The molecular formula is C22H15Cl2N3O4S. The maximum atomic E-state index is 13.6. The van der Waals surface area contributed by atoms with Crippen molar-refractivity contribution >= 4 is 56.5 Å². The molecule has 2 aromatic carbocycles. The van der Waals surface area contributed by atoms with Gasteiger partial charge in [0, 0.05) is 6.07 Å². The van der Waals surface area contributed by atoms with E-state index in [9.17, 15) is 9.59 Å². The quantitative estimate of drug-likeness (QED) is 0.389. The Morgan fingerprint density at radius 2 is 1.94 bits per heavy atom. The molecule has 1 amide bonds. The molecule has 0 bridgehead atoms. The first-order chi connectivity index (χ1) is 15.4. The number of ether oxygens (including phenoxy) is 1. The van der Waals surface area contributed by atoms with E-state index in [0.29, 0.717) is 38.3 Å². The molecule has 162 valence electrons. The molecule has 0 fully saturated rings. The van der Waals surface area contributed by atoms with Crippen LogP contribution in [0.2, 0.25) is 10.0 Å². The number of hydrogen-bond donors (Lipinski definition) is 0. The largest absolute Gasteiger partial charge is 0.497 e. The number of anilines is 1. The van der Waals surface area contributed by atoms with Gasteiger partial charge in [-0.2, -0.15) is 0 Å². The lowest BCUT2D eigenvalue weighted by molar-refractivity contribution is 0.0970. The van der Waals surface area contributed by atoms with E-state index >= 15 is 0 Å². The standard InChI is InChI=1S/C22H15Cl2N3O4S/c1-3-16-25-26-22(32-16)27-18(10-4-7-13(23)14(24)8-10)17-19(28)12-6-5-11(30-2)9-15(12)31-20(17)21(27)29/h4-9,18H,3H2,1-2H3. The molecule has 0 saturated carbocycles. The lowest BCUT2D eigenvalue weighted by Gasteiger charge is -2.22. The van der Waals surface area contributed by atoms with Gasteiger partial charge in [-0.3, -0.25) is 14.5 Å². The van der Waals surface area contributed by atoms with Crippen LogP contribution in [0.4, 0.5) is 5.13 Å². The molecule has 1 aliphatic heterocycles. The van der Waals surface area contributed by atoms with E-state index in [-0.39, 0.29) is 22.3 Å². The molecule has 2 aromatic heterocycles. The van der Waals surface area contributed by atoms with Crippen LogP contribution in [-0.4, -0.2) is 23.2 Å². The molecule has 1 aliphatic rings. The summed E-state index contributed by atoms with van der Waals surface area (Å²) in [7, 11) is 1.51. The number of halogens is 2. The zero-order valence-electron chi connectivity index (χ0n) is 16.9. The molecule has 0 saturated heterocycles. The number of amides is 1. The van der Waals surface area contributed by atoms with Crippen molar-refractivity contribution in [1.29, 1.82) is 0 Å². The minimum atomic E-state index is -0.785. The zero-order chi connectivity index (χ0) is 22.6. The number of fused-ring (bicyclic) bond motifs is 2. The number of hydrogen-bond acceptors (Lipinski definition) is 7. The van der Waals surface area contributed by atoms with Crippen LogP contribution in [0.1, 0.15) is 39.7 Å². The molecule has 32 heavy (non-hydrogen) atoms. The Kier molecular flexibility index (Phi) is 5.16. The summed E-state index contributed by atoms with van der Waals surface area (Å²) in [6.07, 6.45) is 0.672. The summed E-state index contributed by atoms with van der Waals surface area (Å²) >= 11 is 13.7. The highest BCUT2D eigenvalue weighted by molar-refractivity contribution is 7.15. The van der Waals surface area contributed by atoms with Crippen LogP contribution in [0.15, 0.2) is 45.6 Å². The first-order valence-electron chi connectivity index (χ1n) is 9.68. The fourth-order valence-electron chi connectivity index (χ4n) is 3.76. The van der Waals surface area contributed by atoms with Gasteiger partial charge in [-0.25, -0.2) is 0 Å². The summed E-state index contributed by atoms with van der Waals surface area (Å²) in [5.41, 5.74) is 0.790. The molecule has 1 atom stereocenters. The topological polar surface area (TPSA) is 85.5 Å². The maximum Gasteiger partial charge on any atom is 0.297 e. The number of rotatable bonds is 4. The fraction of sp³-hybridized carbons (Fsp3) is 0.182. The third-order valence-corrected chi connectivity index (χ3v) is 7.11. The van der Waals surface area contributed by atoms with E-state index in [1.807, 2.05) is 6.92 Å². The molecular weight excluding hydrogens is 473 g/mol. The van der Waals surface area contributed by atoms with Gasteiger partial charge >= 0.3 is 0 Å². The van der Waals surface area contributed by atoms with Crippen LogP contribution in [-0.2, 0) is 6.42 Å². The van der Waals surface area contributed by atoms with Crippen molar-refractivity contribution in [3.8, 4) is 5.75 Å². The highest BCUT2D eigenvalue weighted by atomic mass is 35.5. The average molecular weight is 488 g/mol. The van der Waals surface area contributed by atoms with Gasteiger partial charge in [0.1, 0.15) is 16.3 Å². The number of carbonyl (C=O) groups is 1. The van der Waals surface area contributed by atoms with E-state index in [0.717, 1.165) is 5.01 Å². The molecule has 3 heterocycles. The van der Waals surface area contributed by atoms with Crippen molar-refractivity contribution in [3.05, 3.63) is 78.6 Å². The Bertz CT molecular complexity index is 1450. The van der Waals surface area contributed by atoms with Gasteiger partial charge in [-0.05, 0) is 36.2 Å². The highest BCUT2D eigenvalue weighted by Gasteiger charge is 2.45. The zero-order valence-corrected chi connectivity index (χ0v) is 19.2. The van der Waals surface area contributed by atoms with Gasteiger partial charge in [-0.1, -0.05) is 47.5 Å². The summed E-state index contributed by atoms with van der Waals surface area (Å²) in [5, 5.41) is 10.5. The molecule has 0 spiro atoms. The predicted molar refractivity (Wildman–Crippen MR) is 123 cm³/mol. The fourth-order valence-corrected chi connectivity index (χ4v) is 4.87. The summed E-state index contributed by atoms with van der Waals surface area (Å²) in [6, 6.07) is 9.10. The first kappa shape index (κ1) is 20.9. The Labute approximate surface area is 196 Å². The minimum Gasteiger partial charge on any atom is -0.497 e. The van der Waals surface area contributed by atoms with Crippen LogP contribution in [0.5, 0.6) is 5.75 Å². The van der Waals surface area contributed by atoms with E-state index in [1.165, 1.54) is 23.3 Å². The normalized spacial score (nSPS) is 15.4. The van der Waals surface area contributed by atoms with Crippen molar-refractivity contribution in [2.45, 2.75) is 19.4 Å². The van der Waals surface area contributed by atoms with Crippen LogP contribution < -0.4 is 15.1 Å². The van der Waals surface area contributed by atoms with Crippen LogP contribution >= 0.6 is 34.5 Å². The highest BCUT2D eigenvalue weighted by Crippen LogP contribution is 2.43. The van der Waals surface area contributed by atoms with E-state index in [2.05, 4.69) is 10.2 Å². The van der Waals surface area contributed by atoms with Crippen LogP contribution in [0.3, 0.4) is 0 Å².